The van der Waals surface area contributed by atoms with Crippen molar-refractivity contribution in [3.63, 3.8) is 0 Å². The first-order valence-corrected chi connectivity index (χ1v) is 4.68. The second-order valence-corrected chi connectivity index (χ2v) is 3.39. The van der Waals surface area contributed by atoms with Gasteiger partial charge in [-0.1, -0.05) is 0 Å². The summed E-state index contributed by atoms with van der Waals surface area (Å²) in [5.74, 6) is -0.722. The van der Waals surface area contributed by atoms with Crippen LogP contribution in [0.2, 0.25) is 0 Å². The van der Waals surface area contributed by atoms with E-state index in [-0.39, 0.29) is 5.92 Å². The SMILES string of the molecule is O=C(NOCC(F)(F)F)C1CCNCC1. The molecule has 88 valence electrons. The van der Waals surface area contributed by atoms with Gasteiger partial charge in [-0.25, -0.2) is 5.48 Å². The summed E-state index contributed by atoms with van der Waals surface area (Å²) in [5, 5.41) is 3.05. The molecule has 4 nitrogen and oxygen atoms in total. The Hall–Kier alpha value is -0.820. The summed E-state index contributed by atoms with van der Waals surface area (Å²) in [4.78, 5) is 15.3. The smallest absolute Gasteiger partial charge is 0.317 e. The molecule has 1 aliphatic heterocycles. The number of nitrogens with one attached hydrogen (secondary N) is 2. The third-order valence-corrected chi connectivity index (χ3v) is 2.12. The highest BCUT2D eigenvalue weighted by molar-refractivity contribution is 5.77. The van der Waals surface area contributed by atoms with E-state index in [1.165, 1.54) is 0 Å². The van der Waals surface area contributed by atoms with Gasteiger partial charge in [-0.2, -0.15) is 13.2 Å². The monoisotopic (exact) mass is 226 g/mol. The number of alkyl halides is 3. The van der Waals surface area contributed by atoms with Crippen molar-refractivity contribution in [3.8, 4) is 0 Å². The van der Waals surface area contributed by atoms with Crippen LogP contribution in [0.15, 0.2) is 0 Å². The van der Waals surface area contributed by atoms with Crippen LogP contribution in [0.25, 0.3) is 0 Å². The maximum absolute atomic E-state index is 11.7. The number of hydrogen-bond donors (Lipinski definition) is 2. The molecule has 0 atom stereocenters. The van der Waals surface area contributed by atoms with Crippen molar-refractivity contribution in [1.82, 2.24) is 10.8 Å². The largest absolute Gasteiger partial charge is 0.414 e. The maximum Gasteiger partial charge on any atom is 0.414 e. The molecular weight excluding hydrogens is 213 g/mol. The Morgan fingerprint density at radius 1 is 1.40 bits per heavy atom. The lowest BCUT2D eigenvalue weighted by molar-refractivity contribution is -0.193. The van der Waals surface area contributed by atoms with E-state index in [0.29, 0.717) is 25.9 Å². The van der Waals surface area contributed by atoms with Crippen LogP contribution in [0.1, 0.15) is 12.8 Å². The average Bonchev–Trinajstić information content (AvgIpc) is 2.17. The van der Waals surface area contributed by atoms with Crippen LogP contribution in [-0.2, 0) is 9.63 Å². The predicted molar refractivity (Wildman–Crippen MR) is 45.7 cm³/mol. The zero-order valence-electron chi connectivity index (χ0n) is 8.06. The Labute approximate surface area is 85.1 Å². The Balaban J connectivity index is 2.17. The highest BCUT2D eigenvalue weighted by Crippen LogP contribution is 2.14. The van der Waals surface area contributed by atoms with Gasteiger partial charge in [0.05, 0.1) is 0 Å². The minimum Gasteiger partial charge on any atom is -0.317 e. The number of hydrogen-bond acceptors (Lipinski definition) is 3. The summed E-state index contributed by atoms with van der Waals surface area (Å²) in [6.45, 7) is -0.0432. The van der Waals surface area contributed by atoms with Gasteiger partial charge >= 0.3 is 6.18 Å². The van der Waals surface area contributed by atoms with Crippen molar-refractivity contribution >= 4 is 5.91 Å². The van der Waals surface area contributed by atoms with E-state index in [1.54, 1.807) is 0 Å². The molecule has 1 fully saturated rings. The summed E-state index contributed by atoms with van der Waals surface area (Å²) >= 11 is 0. The zero-order chi connectivity index (χ0) is 11.3. The normalized spacial score (nSPS) is 18.9. The van der Waals surface area contributed by atoms with Crippen molar-refractivity contribution in [2.24, 2.45) is 5.92 Å². The molecule has 1 amide bonds. The molecule has 1 aliphatic rings. The van der Waals surface area contributed by atoms with Gasteiger partial charge in [0.25, 0.3) is 0 Å². The third-order valence-electron chi connectivity index (χ3n) is 2.12. The van der Waals surface area contributed by atoms with Crippen LogP contribution < -0.4 is 10.8 Å². The van der Waals surface area contributed by atoms with Crippen LogP contribution in [0.4, 0.5) is 13.2 Å². The van der Waals surface area contributed by atoms with E-state index in [2.05, 4.69) is 10.2 Å². The topological polar surface area (TPSA) is 50.4 Å². The van der Waals surface area contributed by atoms with Gasteiger partial charge in [0.2, 0.25) is 5.91 Å². The lowest BCUT2D eigenvalue weighted by atomic mass is 9.98. The molecule has 1 rings (SSSR count). The predicted octanol–water partition coefficient (Wildman–Crippen LogP) is 0.596. The molecule has 0 radical (unpaired) electrons. The summed E-state index contributed by atoms with van der Waals surface area (Å²) < 4.78 is 35.0. The van der Waals surface area contributed by atoms with Crippen molar-refractivity contribution < 1.29 is 22.8 Å². The Kier molecular flexibility index (Phi) is 4.34. The Bertz CT molecular complexity index is 214. The second-order valence-electron chi connectivity index (χ2n) is 3.39. The highest BCUT2D eigenvalue weighted by atomic mass is 19.4. The lowest BCUT2D eigenvalue weighted by Gasteiger charge is -2.21. The number of piperidine rings is 1. The number of rotatable bonds is 3. The highest BCUT2D eigenvalue weighted by Gasteiger charge is 2.29. The van der Waals surface area contributed by atoms with Crippen molar-refractivity contribution in [3.05, 3.63) is 0 Å². The zero-order valence-corrected chi connectivity index (χ0v) is 8.06. The molecule has 0 spiro atoms. The molecule has 0 aromatic rings. The Morgan fingerprint density at radius 2 is 2.00 bits per heavy atom. The molecule has 0 aliphatic carbocycles. The quantitative estimate of drug-likeness (QED) is 0.693. The van der Waals surface area contributed by atoms with Crippen molar-refractivity contribution in [2.75, 3.05) is 19.7 Å². The van der Waals surface area contributed by atoms with Crippen LogP contribution in [0.5, 0.6) is 0 Å². The van der Waals surface area contributed by atoms with Crippen molar-refractivity contribution in [2.45, 2.75) is 19.0 Å². The first-order chi connectivity index (χ1) is 6.99. The van der Waals surface area contributed by atoms with E-state index >= 15 is 0 Å². The number of carbonyl (C=O) groups is 1. The number of halogens is 3. The van der Waals surface area contributed by atoms with Gasteiger partial charge in [-0.3, -0.25) is 9.63 Å². The fraction of sp³-hybridized carbons (Fsp3) is 0.875. The van der Waals surface area contributed by atoms with Crippen molar-refractivity contribution in [1.29, 1.82) is 0 Å². The molecular formula is C8H13F3N2O2. The van der Waals surface area contributed by atoms with Gasteiger partial charge in [0.15, 0.2) is 6.61 Å². The molecule has 2 N–H and O–H groups in total. The van der Waals surface area contributed by atoms with Gasteiger partial charge in [0.1, 0.15) is 0 Å². The van der Waals surface area contributed by atoms with E-state index in [1.807, 2.05) is 5.48 Å². The molecule has 15 heavy (non-hydrogen) atoms. The third kappa shape index (κ3) is 4.98. The van der Waals surface area contributed by atoms with Crippen LogP contribution in [0.3, 0.4) is 0 Å². The summed E-state index contributed by atoms with van der Waals surface area (Å²) in [7, 11) is 0. The molecule has 0 aromatic heterocycles. The molecule has 1 saturated heterocycles. The second kappa shape index (κ2) is 5.32. The first kappa shape index (κ1) is 12.3. The minimum atomic E-state index is -4.42. The first-order valence-electron chi connectivity index (χ1n) is 4.68. The average molecular weight is 226 g/mol. The lowest BCUT2D eigenvalue weighted by Crippen LogP contribution is -2.39. The number of carbonyl (C=O) groups excluding carboxylic acids is 1. The molecule has 0 bridgehead atoms. The van der Waals surface area contributed by atoms with E-state index in [9.17, 15) is 18.0 Å². The standard InChI is InChI=1S/C8H13F3N2O2/c9-8(10,11)5-15-13-7(14)6-1-3-12-4-2-6/h6,12H,1-5H2,(H,13,14). The van der Waals surface area contributed by atoms with E-state index < -0.39 is 18.7 Å². The van der Waals surface area contributed by atoms with E-state index in [4.69, 9.17) is 0 Å². The molecule has 1 heterocycles. The number of amides is 1. The molecule has 0 saturated carbocycles. The van der Waals surface area contributed by atoms with E-state index in [0.717, 1.165) is 0 Å². The number of hydroxylamine groups is 1. The van der Waals surface area contributed by atoms with Crippen LogP contribution >= 0.6 is 0 Å². The summed E-state index contributed by atoms with van der Waals surface area (Å²) in [5.41, 5.74) is 1.82. The van der Waals surface area contributed by atoms with Crippen LogP contribution in [-0.4, -0.2) is 31.8 Å². The fourth-order valence-corrected chi connectivity index (χ4v) is 1.36. The summed E-state index contributed by atoms with van der Waals surface area (Å²) in [6.07, 6.45) is -3.16. The van der Waals surface area contributed by atoms with Gasteiger partial charge in [-0.05, 0) is 25.9 Å². The van der Waals surface area contributed by atoms with Gasteiger partial charge in [0, 0.05) is 5.92 Å². The fourth-order valence-electron chi connectivity index (χ4n) is 1.36. The molecule has 0 unspecified atom stereocenters. The van der Waals surface area contributed by atoms with Gasteiger partial charge < -0.3 is 5.32 Å². The maximum atomic E-state index is 11.7. The van der Waals surface area contributed by atoms with Gasteiger partial charge in [-0.15, -0.1) is 0 Å². The minimum absolute atomic E-state index is 0.250. The molecule has 7 heteroatoms. The van der Waals surface area contributed by atoms with Crippen LogP contribution in [0, 0.1) is 5.92 Å². The molecule has 0 aromatic carbocycles. The summed E-state index contributed by atoms with van der Waals surface area (Å²) in [6, 6.07) is 0. The Morgan fingerprint density at radius 3 is 2.53 bits per heavy atom.